The Morgan fingerprint density at radius 1 is 1.29 bits per heavy atom. The molecule has 0 aliphatic heterocycles. The smallest absolute Gasteiger partial charge is 0.191 e. The van der Waals surface area contributed by atoms with Gasteiger partial charge in [-0.3, -0.25) is 4.99 Å². The molecule has 7 heteroatoms. The third-order valence-electron chi connectivity index (χ3n) is 3.46. The lowest BCUT2D eigenvalue weighted by molar-refractivity contribution is 0.582. The highest BCUT2D eigenvalue weighted by molar-refractivity contribution is 7.98. The first-order valence-corrected chi connectivity index (χ1v) is 11.3. The Labute approximate surface area is 150 Å². The molecular formula is C17H29N3O2S2. The summed E-state index contributed by atoms with van der Waals surface area (Å²) in [6.45, 7) is 4.87. The molecule has 0 spiro atoms. The Morgan fingerprint density at radius 3 is 2.54 bits per heavy atom. The SMILES string of the molecule is CN=C(NCCSCc1ccc(C)cc1)NC(C)CCS(C)(=O)=O. The standard InChI is InChI=1S/C17H29N3O2S2/c1-14-5-7-16(8-6-14)13-23-11-10-19-17(18-3)20-15(2)9-12-24(4,21)22/h5-8,15H,9-13H2,1-4H3,(H2,18,19,20). The number of hydrogen-bond donors (Lipinski definition) is 2. The van der Waals surface area contributed by atoms with Gasteiger partial charge in [-0.1, -0.05) is 29.8 Å². The number of sulfone groups is 1. The average Bonchev–Trinajstić information content (AvgIpc) is 2.52. The van der Waals surface area contributed by atoms with Crippen LogP contribution in [0.3, 0.4) is 0 Å². The minimum atomic E-state index is -2.92. The predicted molar refractivity (Wildman–Crippen MR) is 106 cm³/mol. The van der Waals surface area contributed by atoms with Crippen molar-refractivity contribution in [2.75, 3.05) is 31.4 Å². The molecule has 1 atom stereocenters. The van der Waals surface area contributed by atoms with Crippen LogP contribution in [0.15, 0.2) is 29.3 Å². The largest absolute Gasteiger partial charge is 0.356 e. The van der Waals surface area contributed by atoms with Crippen molar-refractivity contribution in [2.45, 2.75) is 32.1 Å². The predicted octanol–water partition coefficient (Wildman–Crippen LogP) is 2.22. The van der Waals surface area contributed by atoms with Crippen LogP contribution in [0.4, 0.5) is 0 Å². The Morgan fingerprint density at radius 2 is 1.96 bits per heavy atom. The van der Waals surface area contributed by atoms with Gasteiger partial charge in [0.2, 0.25) is 0 Å². The molecule has 0 aliphatic rings. The molecule has 1 unspecified atom stereocenters. The second-order valence-corrected chi connectivity index (χ2v) is 9.37. The Balaban J connectivity index is 2.20. The van der Waals surface area contributed by atoms with Crippen molar-refractivity contribution >= 4 is 27.6 Å². The van der Waals surface area contributed by atoms with Crippen LogP contribution in [-0.2, 0) is 15.6 Å². The van der Waals surface area contributed by atoms with E-state index in [1.54, 1.807) is 7.05 Å². The molecule has 0 aliphatic carbocycles. The summed E-state index contributed by atoms with van der Waals surface area (Å²) in [6, 6.07) is 8.67. The van der Waals surface area contributed by atoms with E-state index in [9.17, 15) is 8.42 Å². The highest BCUT2D eigenvalue weighted by Gasteiger charge is 2.09. The number of nitrogens with one attached hydrogen (secondary N) is 2. The van der Waals surface area contributed by atoms with E-state index < -0.39 is 9.84 Å². The summed E-state index contributed by atoms with van der Waals surface area (Å²) >= 11 is 1.87. The normalized spacial score (nSPS) is 13.6. The quantitative estimate of drug-likeness (QED) is 0.396. The summed E-state index contributed by atoms with van der Waals surface area (Å²) in [7, 11) is -1.20. The molecule has 0 fully saturated rings. The van der Waals surface area contributed by atoms with Crippen molar-refractivity contribution in [3.05, 3.63) is 35.4 Å². The molecule has 0 amide bonds. The van der Waals surface area contributed by atoms with Gasteiger partial charge in [-0.25, -0.2) is 8.42 Å². The van der Waals surface area contributed by atoms with Crippen LogP contribution in [-0.4, -0.2) is 51.8 Å². The Bertz CT molecular complexity index is 613. The van der Waals surface area contributed by atoms with E-state index in [2.05, 4.69) is 46.8 Å². The molecule has 0 heterocycles. The maximum absolute atomic E-state index is 11.2. The molecule has 0 aromatic heterocycles. The van der Waals surface area contributed by atoms with Crippen LogP contribution >= 0.6 is 11.8 Å². The first kappa shape index (κ1) is 20.8. The van der Waals surface area contributed by atoms with Crippen molar-refractivity contribution in [2.24, 2.45) is 4.99 Å². The number of aryl methyl sites for hydroxylation is 1. The van der Waals surface area contributed by atoms with Crippen LogP contribution in [0.5, 0.6) is 0 Å². The molecule has 0 radical (unpaired) electrons. The van der Waals surface area contributed by atoms with E-state index in [0.717, 1.165) is 18.1 Å². The van der Waals surface area contributed by atoms with E-state index in [4.69, 9.17) is 0 Å². The summed E-state index contributed by atoms with van der Waals surface area (Å²) in [4.78, 5) is 4.17. The molecule has 1 aromatic rings. The van der Waals surface area contributed by atoms with Crippen molar-refractivity contribution in [3.63, 3.8) is 0 Å². The number of rotatable bonds is 9. The molecule has 0 saturated carbocycles. The zero-order valence-electron chi connectivity index (χ0n) is 15.0. The molecule has 1 aromatic carbocycles. The van der Waals surface area contributed by atoms with Gasteiger partial charge in [-0.2, -0.15) is 11.8 Å². The van der Waals surface area contributed by atoms with E-state index in [1.807, 2.05) is 18.7 Å². The summed E-state index contributed by atoms with van der Waals surface area (Å²) in [6.07, 6.45) is 1.83. The lowest BCUT2D eigenvalue weighted by Crippen LogP contribution is -2.43. The summed E-state index contributed by atoms with van der Waals surface area (Å²) < 4.78 is 22.4. The molecular weight excluding hydrogens is 342 g/mol. The molecule has 136 valence electrons. The lowest BCUT2D eigenvalue weighted by atomic mass is 10.2. The number of benzene rings is 1. The van der Waals surface area contributed by atoms with E-state index in [1.165, 1.54) is 17.4 Å². The van der Waals surface area contributed by atoms with Crippen LogP contribution in [0, 0.1) is 6.92 Å². The third kappa shape index (κ3) is 9.82. The number of nitrogens with zero attached hydrogens (tertiary/aromatic N) is 1. The molecule has 5 nitrogen and oxygen atoms in total. The molecule has 1 rings (SSSR count). The maximum atomic E-state index is 11.2. The second-order valence-electron chi connectivity index (χ2n) is 6.00. The zero-order chi connectivity index (χ0) is 18.0. The number of guanidine groups is 1. The monoisotopic (exact) mass is 371 g/mol. The van der Waals surface area contributed by atoms with Gasteiger partial charge in [0.15, 0.2) is 5.96 Å². The van der Waals surface area contributed by atoms with Crippen LogP contribution in [0.1, 0.15) is 24.5 Å². The van der Waals surface area contributed by atoms with Gasteiger partial charge in [-0.05, 0) is 25.8 Å². The van der Waals surface area contributed by atoms with Gasteiger partial charge in [0.25, 0.3) is 0 Å². The fraction of sp³-hybridized carbons (Fsp3) is 0.588. The van der Waals surface area contributed by atoms with Gasteiger partial charge in [0, 0.05) is 37.4 Å². The third-order valence-corrected chi connectivity index (χ3v) is 5.46. The number of thioether (sulfide) groups is 1. The van der Waals surface area contributed by atoms with Crippen LogP contribution in [0.2, 0.25) is 0 Å². The second kappa shape index (κ2) is 10.6. The van der Waals surface area contributed by atoms with Gasteiger partial charge in [0.1, 0.15) is 9.84 Å². The number of aliphatic imine (C=N–C) groups is 1. The van der Waals surface area contributed by atoms with Crippen LogP contribution in [0.25, 0.3) is 0 Å². The van der Waals surface area contributed by atoms with Gasteiger partial charge in [-0.15, -0.1) is 0 Å². The molecule has 2 N–H and O–H groups in total. The first-order chi connectivity index (χ1) is 11.3. The van der Waals surface area contributed by atoms with Gasteiger partial charge >= 0.3 is 0 Å². The minimum absolute atomic E-state index is 0.0612. The fourth-order valence-electron chi connectivity index (χ4n) is 2.01. The van der Waals surface area contributed by atoms with Gasteiger partial charge < -0.3 is 10.6 Å². The fourth-order valence-corrected chi connectivity index (χ4v) is 3.61. The van der Waals surface area contributed by atoms with E-state index in [0.29, 0.717) is 12.4 Å². The number of hydrogen-bond acceptors (Lipinski definition) is 4. The topological polar surface area (TPSA) is 70.6 Å². The van der Waals surface area contributed by atoms with E-state index in [-0.39, 0.29) is 11.8 Å². The highest BCUT2D eigenvalue weighted by atomic mass is 32.2. The Hall–Kier alpha value is -1.21. The van der Waals surface area contributed by atoms with Gasteiger partial charge in [0.05, 0.1) is 5.75 Å². The Kier molecular flexibility index (Phi) is 9.21. The van der Waals surface area contributed by atoms with E-state index >= 15 is 0 Å². The highest BCUT2D eigenvalue weighted by Crippen LogP contribution is 2.12. The minimum Gasteiger partial charge on any atom is -0.356 e. The summed E-state index contributed by atoms with van der Waals surface area (Å²) in [5.74, 6) is 2.88. The van der Waals surface area contributed by atoms with Crippen molar-refractivity contribution in [1.82, 2.24) is 10.6 Å². The van der Waals surface area contributed by atoms with Crippen molar-refractivity contribution < 1.29 is 8.42 Å². The molecule has 24 heavy (non-hydrogen) atoms. The van der Waals surface area contributed by atoms with Crippen molar-refractivity contribution in [1.29, 1.82) is 0 Å². The zero-order valence-corrected chi connectivity index (χ0v) is 16.6. The summed E-state index contributed by atoms with van der Waals surface area (Å²) in [5, 5.41) is 6.48. The summed E-state index contributed by atoms with van der Waals surface area (Å²) in [5.41, 5.74) is 2.62. The lowest BCUT2D eigenvalue weighted by Gasteiger charge is -2.17. The van der Waals surface area contributed by atoms with Crippen molar-refractivity contribution in [3.8, 4) is 0 Å². The molecule has 0 bridgehead atoms. The first-order valence-electron chi connectivity index (χ1n) is 8.08. The average molecular weight is 372 g/mol. The maximum Gasteiger partial charge on any atom is 0.191 e. The molecule has 0 saturated heterocycles. The van der Waals surface area contributed by atoms with Crippen LogP contribution < -0.4 is 10.6 Å².